The van der Waals surface area contributed by atoms with E-state index in [1.54, 1.807) is 24.3 Å². The summed E-state index contributed by atoms with van der Waals surface area (Å²) in [6, 6.07) is 9.38. The maximum atomic E-state index is 13.7. The van der Waals surface area contributed by atoms with Gasteiger partial charge in [0.25, 0.3) is 5.91 Å². The summed E-state index contributed by atoms with van der Waals surface area (Å²) in [7, 11) is 0. The predicted octanol–water partition coefficient (Wildman–Crippen LogP) is 1.51. The molecule has 0 radical (unpaired) electrons. The van der Waals surface area contributed by atoms with Crippen LogP contribution in [0.25, 0.3) is 5.69 Å². The molecule has 1 amide bonds. The molecule has 0 unspecified atom stereocenters. The minimum Gasteiger partial charge on any atom is -0.467 e. The summed E-state index contributed by atoms with van der Waals surface area (Å²) in [6.07, 6.45) is 1.50. The molecule has 8 heteroatoms. The van der Waals surface area contributed by atoms with Crippen LogP contribution < -0.4 is 11.1 Å². The van der Waals surface area contributed by atoms with E-state index < -0.39 is 11.7 Å². The lowest BCUT2D eigenvalue weighted by molar-refractivity contribution is 0.0944. The number of benzene rings is 1. The smallest absolute Gasteiger partial charge is 0.276 e. The van der Waals surface area contributed by atoms with Gasteiger partial charge in [-0.3, -0.25) is 4.79 Å². The van der Waals surface area contributed by atoms with Gasteiger partial charge in [0.15, 0.2) is 11.5 Å². The van der Waals surface area contributed by atoms with Crippen molar-refractivity contribution in [2.24, 2.45) is 0 Å². The van der Waals surface area contributed by atoms with Crippen molar-refractivity contribution < 1.29 is 13.6 Å². The molecule has 0 saturated heterocycles. The standard InChI is InChI=1S/C14H12FN5O2/c15-10-5-1-2-6-11(10)20-13(16)12(18-19-20)14(21)17-8-9-4-3-7-22-9/h1-7H,8,16H2,(H,17,21). The van der Waals surface area contributed by atoms with Crippen molar-refractivity contribution in [3.8, 4) is 5.69 Å². The van der Waals surface area contributed by atoms with Crippen LogP contribution >= 0.6 is 0 Å². The van der Waals surface area contributed by atoms with E-state index in [2.05, 4.69) is 15.6 Å². The van der Waals surface area contributed by atoms with Crippen molar-refractivity contribution in [2.45, 2.75) is 6.54 Å². The van der Waals surface area contributed by atoms with E-state index in [9.17, 15) is 9.18 Å². The summed E-state index contributed by atoms with van der Waals surface area (Å²) in [5.41, 5.74) is 5.89. The summed E-state index contributed by atoms with van der Waals surface area (Å²) in [5.74, 6) is -0.478. The highest BCUT2D eigenvalue weighted by molar-refractivity contribution is 5.96. The number of carbonyl (C=O) groups is 1. The number of nitrogens with zero attached hydrogens (tertiary/aromatic N) is 3. The third-order valence-electron chi connectivity index (χ3n) is 3.00. The lowest BCUT2D eigenvalue weighted by Crippen LogP contribution is -2.24. The number of hydrogen-bond acceptors (Lipinski definition) is 5. The fourth-order valence-electron chi connectivity index (χ4n) is 1.92. The molecule has 3 rings (SSSR count). The molecule has 0 bridgehead atoms. The van der Waals surface area contributed by atoms with Gasteiger partial charge in [0.2, 0.25) is 0 Å². The Morgan fingerprint density at radius 3 is 2.86 bits per heavy atom. The highest BCUT2D eigenvalue weighted by atomic mass is 19.1. The van der Waals surface area contributed by atoms with Crippen LogP contribution in [0.1, 0.15) is 16.2 Å². The molecule has 1 aromatic carbocycles. The molecule has 0 saturated carbocycles. The van der Waals surface area contributed by atoms with Crippen LogP contribution in [-0.2, 0) is 6.54 Å². The maximum Gasteiger partial charge on any atom is 0.276 e. The van der Waals surface area contributed by atoms with E-state index in [1.807, 2.05) is 0 Å². The van der Waals surface area contributed by atoms with Crippen molar-refractivity contribution in [2.75, 3.05) is 5.73 Å². The van der Waals surface area contributed by atoms with Crippen LogP contribution in [0.5, 0.6) is 0 Å². The second kappa shape index (κ2) is 5.68. The first-order chi connectivity index (χ1) is 10.7. The predicted molar refractivity (Wildman–Crippen MR) is 75.6 cm³/mol. The van der Waals surface area contributed by atoms with Crippen LogP contribution in [0.4, 0.5) is 10.2 Å². The Labute approximate surface area is 124 Å². The van der Waals surface area contributed by atoms with E-state index in [4.69, 9.17) is 10.2 Å². The third-order valence-corrected chi connectivity index (χ3v) is 3.00. The summed E-state index contributed by atoms with van der Waals surface area (Å²) in [5, 5.41) is 10.0. The van der Waals surface area contributed by atoms with Crippen molar-refractivity contribution in [3.63, 3.8) is 0 Å². The first kappa shape index (κ1) is 13.8. The average molecular weight is 301 g/mol. The minimum atomic E-state index is -0.517. The number of hydrogen-bond donors (Lipinski definition) is 2. The Bertz CT molecular complexity index is 797. The second-order valence-corrected chi connectivity index (χ2v) is 4.45. The van der Waals surface area contributed by atoms with E-state index >= 15 is 0 Å². The number of anilines is 1. The Morgan fingerprint density at radius 2 is 2.14 bits per heavy atom. The number of nitrogens with one attached hydrogen (secondary N) is 1. The Morgan fingerprint density at radius 1 is 1.32 bits per heavy atom. The van der Waals surface area contributed by atoms with Gasteiger partial charge in [0.1, 0.15) is 17.3 Å². The molecule has 7 nitrogen and oxygen atoms in total. The molecule has 2 heterocycles. The zero-order valence-corrected chi connectivity index (χ0v) is 11.4. The maximum absolute atomic E-state index is 13.7. The molecule has 3 aromatic rings. The summed E-state index contributed by atoms with van der Waals surface area (Å²) in [6.45, 7) is 0.192. The van der Waals surface area contributed by atoms with Gasteiger partial charge in [-0.25, -0.2) is 4.39 Å². The van der Waals surface area contributed by atoms with Crippen LogP contribution in [0.15, 0.2) is 47.1 Å². The monoisotopic (exact) mass is 301 g/mol. The number of amides is 1. The Kier molecular flexibility index (Phi) is 3.57. The molecule has 2 aromatic heterocycles. The van der Waals surface area contributed by atoms with Gasteiger partial charge in [-0.05, 0) is 24.3 Å². The van der Waals surface area contributed by atoms with Crippen molar-refractivity contribution in [1.82, 2.24) is 20.3 Å². The van der Waals surface area contributed by atoms with Crippen LogP contribution in [-0.4, -0.2) is 20.9 Å². The van der Waals surface area contributed by atoms with E-state index in [0.29, 0.717) is 5.76 Å². The SMILES string of the molecule is Nc1c(C(=O)NCc2ccco2)nnn1-c1ccccc1F. The molecule has 0 spiro atoms. The van der Waals surface area contributed by atoms with E-state index in [1.165, 1.54) is 18.4 Å². The molecule has 0 aliphatic heterocycles. The quantitative estimate of drug-likeness (QED) is 0.761. The van der Waals surface area contributed by atoms with Crippen LogP contribution in [0, 0.1) is 5.82 Å². The zero-order valence-electron chi connectivity index (χ0n) is 11.4. The molecule has 112 valence electrons. The van der Waals surface area contributed by atoms with Crippen molar-refractivity contribution in [1.29, 1.82) is 0 Å². The molecule has 0 aliphatic carbocycles. The number of rotatable bonds is 4. The summed E-state index contributed by atoms with van der Waals surface area (Å²) >= 11 is 0. The van der Waals surface area contributed by atoms with Gasteiger partial charge in [-0.1, -0.05) is 17.3 Å². The largest absolute Gasteiger partial charge is 0.467 e. The highest BCUT2D eigenvalue weighted by Gasteiger charge is 2.19. The van der Waals surface area contributed by atoms with Gasteiger partial charge >= 0.3 is 0 Å². The lowest BCUT2D eigenvalue weighted by Gasteiger charge is -2.04. The summed E-state index contributed by atoms with van der Waals surface area (Å²) < 4.78 is 19.9. The van der Waals surface area contributed by atoms with Crippen LogP contribution in [0.3, 0.4) is 0 Å². The fraction of sp³-hybridized carbons (Fsp3) is 0.0714. The topological polar surface area (TPSA) is 99.0 Å². The normalized spacial score (nSPS) is 10.6. The first-order valence-corrected chi connectivity index (χ1v) is 6.43. The van der Waals surface area contributed by atoms with Gasteiger partial charge in [-0.2, -0.15) is 4.68 Å². The lowest BCUT2D eigenvalue weighted by atomic mass is 10.3. The summed E-state index contributed by atoms with van der Waals surface area (Å²) in [4.78, 5) is 12.0. The van der Waals surface area contributed by atoms with Gasteiger partial charge < -0.3 is 15.5 Å². The second-order valence-electron chi connectivity index (χ2n) is 4.45. The number of nitrogens with two attached hydrogens (primary N) is 1. The van der Waals surface area contributed by atoms with Crippen molar-refractivity contribution >= 4 is 11.7 Å². The molecule has 0 atom stereocenters. The molecular formula is C14H12FN5O2. The first-order valence-electron chi connectivity index (χ1n) is 6.43. The zero-order chi connectivity index (χ0) is 15.5. The third kappa shape index (κ3) is 2.53. The molecule has 22 heavy (non-hydrogen) atoms. The Hall–Kier alpha value is -3.16. The van der Waals surface area contributed by atoms with Gasteiger partial charge in [0, 0.05) is 0 Å². The van der Waals surface area contributed by atoms with E-state index in [-0.39, 0.29) is 23.7 Å². The number of aromatic nitrogens is 3. The number of nitrogen functional groups attached to an aromatic ring is 1. The van der Waals surface area contributed by atoms with Crippen molar-refractivity contribution in [3.05, 3.63) is 59.9 Å². The number of para-hydroxylation sites is 1. The van der Waals surface area contributed by atoms with Gasteiger partial charge in [-0.15, -0.1) is 5.10 Å². The fourth-order valence-corrected chi connectivity index (χ4v) is 1.92. The minimum absolute atomic E-state index is 0.0398. The van der Waals surface area contributed by atoms with E-state index in [0.717, 1.165) is 4.68 Å². The molecule has 3 N–H and O–H groups in total. The number of halogens is 1. The number of furan rings is 1. The van der Waals surface area contributed by atoms with Gasteiger partial charge in [0.05, 0.1) is 12.8 Å². The highest BCUT2D eigenvalue weighted by Crippen LogP contribution is 2.17. The van der Waals surface area contributed by atoms with Crippen LogP contribution in [0.2, 0.25) is 0 Å². The number of carbonyl (C=O) groups excluding carboxylic acids is 1. The molecular weight excluding hydrogens is 289 g/mol. The average Bonchev–Trinajstić information content (AvgIpc) is 3.15. The molecule has 0 aliphatic rings. The molecule has 0 fully saturated rings. The Balaban J connectivity index is 1.81.